The van der Waals surface area contributed by atoms with E-state index in [0.29, 0.717) is 6.54 Å². The van der Waals surface area contributed by atoms with Crippen LogP contribution in [-0.2, 0) is 6.54 Å². The minimum Gasteiger partial charge on any atom is -0.379 e. The van der Waals surface area contributed by atoms with Crippen LogP contribution in [-0.4, -0.2) is 14.1 Å². The van der Waals surface area contributed by atoms with Gasteiger partial charge in [-0.25, -0.2) is 8.78 Å². The Morgan fingerprint density at radius 2 is 1.65 bits per heavy atom. The van der Waals surface area contributed by atoms with E-state index in [4.69, 9.17) is 0 Å². The minimum atomic E-state index is -2.41. The summed E-state index contributed by atoms with van der Waals surface area (Å²) >= 11 is 0. The third kappa shape index (κ3) is 3.47. The lowest BCUT2D eigenvalue weighted by Gasteiger charge is -2.18. The summed E-state index contributed by atoms with van der Waals surface area (Å²) in [5.41, 5.74) is 3.15. The number of nitrogens with one attached hydrogen (secondary N) is 1. The summed E-state index contributed by atoms with van der Waals surface area (Å²) in [4.78, 5) is 2.03. The van der Waals surface area contributed by atoms with Crippen molar-refractivity contribution < 1.29 is 8.78 Å². The molecule has 0 unspecified atom stereocenters. The van der Waals surface area contributed by atoms with Gasteiger partial charge in [0.25, 0.3) is 6.43 Å². The van der Waals surface area contributed by atoms with Crippen molar-refractivity contribution in [1.82, 2.24) is 0 Å². The molecule has 0 aliphatic rings. The zero-order valence-corrected chi connectivity index (χ0v) is 11.6. The van der Waals surface area contributed by atoms with E-state index in [1.54, 1.807) is 12.1 Å². The lowest BCUT2D eigenvalue weighted by atomic mass is 10.1. The average molecular weight is 276 g/mol. The summed E-state index contributed by atoms with van der Waals surface area (Å²) in [6, 6.07) is 14.4. The maximum Gasteiger partial charge on any atom is 0.263 e. The Morgan fingerprint density at radius 1 is 1.00 bits per heavy atom. The highest BCUT2D eigenvalue weighted by molar-refractivity contribution is 5.69. The van der Waals surface area contributed by atoms with Gasteiger partial charge in [-0.05, 0) is 17.7 Å². The van der Waals surface area contributed by atoms with Crippen LogP contribution in [0.4, 0.5) is 20.2 Å². The highest BCUT2D eigenvalue weighted by atomic mass is 19.3. The maximum atomic E-state index is 12.5. The first kappa shape index (κ1) is 14.3. The molecule has 0 saturated heterocycles. The van der Waals surface area contributed by atoms with Crippen LogP contribution >= 0.6 is 0 Å². The topological polar surface area (TPSA) is 15.3 Å². The highest BCUT2D eigenvalue weighted by Gasteiger charge is 2.06. The Kier molecular flexibility index (Phi) is 4.56. The lowest BCUT2D eigenvalue weighted by Crippen LogP contribution is -2.12. The Balaban J connectivity index is 2.05. The minimum absolute atomic E-state index is 0.0578. The molecule has 0 saturated carbocycles. The van der Waals surface area contributed by atoms with Crippen LogP contribution in [0.3, 0.4) is 0 Å². The molecule has 0 aromatic heterocycles. The van der Waals surface area contributed by atoms with Crippen molar-refractivity contribution >= 4 is 11.4 Å². The van der Waals surface area contributed by atoms with Crippen LogP contribution in [0.15, 0.2) is 48.5 Å². The van der Waals surface area contributed by atoms with Crippen molar-refractivity contribution in [3.05, 3.63) is 59.7 Å². The molecule has 0 aliphatic carbocycles. The molecule has 4 heteroatoms. The molecule has 0 spiro atoms. The van der Waals surface area contributed by atoms with Crippen LogP contribution in [0.5, 0.6) is 0 Å². The van der Waals surface area contributed by atoms with Crippen molar-refractivity contribution in [3.8, 4) is 0 Å². The first-order valence-electron chi connectivity index (χ1n) is 6.45. The normalized spacial score (nSPS) is 10.7. The Morgan fingerprint density at radius 3 is 2.25 bits per heavy atom. The second-order valence-electron chi connectivity index (χ2n) is 4.81. The number of nitrogens with zero attached hydrogens (tertiary/aromatic N) is 1. The molecule has 0 atom stereocenters. The molecule has 2 aromatic rings. The summed E-state index contributed by atoms with van der Waals surface area (Å²) in [7, 11) is 3.97. The number of anilines is 2. The number of hydrogen-bond acceptors (Lipinski definition) is 2. The van der Waals surface area contributed by atoms with E-state index in [1.165, 1.54) is 12.1 Å². The SMILES string of the molecule is CN(C)c1ccccc1NCc1ccc(C(F)F)cc1. The molecule has 0 heterocycles. The lowest BCUT2D eigenvalue weighted by molar-refractivity contribution is 0.151. The molecule has 0 aliphatic heterocycles. The van der Waals surface area contributed by atoms with Gasteiger partial charge in [0.05, 0.1) is 11.4 Å². The summed E-state index contributed by atoms with van der Waals surface area (Å²) in [6.45, 7) is 0.606. The highest BCUT2D eigenvalue weighted by Crippen LogP contribution is 2.24. The van der Waals surface area contributed by atoms with E-state index in [0.717, 1.165) is 16.9 Å². The summed E-state index contributed by atoms with van der Waals surface area (Å²) in [5.74, 6) is 0. The van der Waals surface area contributed by atoms with E-state index in [2.05, 4.69) is 5.32 Å². The Labute approximate surface area is 118 Å². The predicted octanol–water partition coefficient (Wildman–Crippen LogP) is 4.30. The number of rotatable bonds is 5. The van der Waals surface area contributed by atoms with Crippen molar-refractivity contribution in [1.29, 1.82) is 0 Å². The molecular weight excluding hydrogens is 258 g/mol. The van der Waals surface area contributed by atoms with Crippen LogP contribution in [0.1, 0.15) is 17.6 Å². The fourth-order valence-corrected chi connectivity index (χ4v) is 1.99. The molecule has 0 amide bonds. The van der Waals surface area contributed by atoms with Gasteiger partial charge in [0.15, 0.2) is 0 Å². The van der Waals surface area contributed by atoms with Crippen molar-refractivity contribution in [3.63, 3.8) is 0 Å². The van der Waals surface area contributed by atoms with E-state index < -0.39 is 6.43 Å². The van der Waals surface area contributed by atoms with Gasteiger partial charge < -0.3 is 10.2 Å². The Hall–Kier alpha value is -2.10. The predicted molar refractivity (Wildman–Crippen MR) is 79.5 cm³/mol. The zero-order valence-electron chi connectivity index (χ0n) is 11.6. The van der Waals surface area contributed by atoms with Gasteiger partial charge >= 0.3 is 0 Å². The zero-order chi connectivity index (χ0) is 14.5. The van der Waals surface area contributed by atoms with E-state index >= 15 is 0 Å². The average Bonchev–Trinajstić information content (AvgIpc) is 2.45. The van der Waals surface area contributed by atoms with Crippen molar-refractivity contribution in [2.75, 3.05) is 24.3 Å². The quantitative estimate of drug-likeness (QED) is 0.875. The fourth-order valence-electron chi connectivity index (χ4n) is 1.99. The van der Waals surface area contributed by atoms with E-state index in [1.807, 2.05) is 43.3 Å². The van der Waals surface area contributed by atoms with Crippen LogP contribution in [0.2, 0.25) is 0 Å². The standard InChI is InChI=1S/C16H18F2N2/c1-20(2)15-6-4-3-5-14(15)19-11-12-7-9-13(10-8-12)16(17)18/h3-10,16,19H,11H2,1-2H3. The molecule has 20 heavy (non-hydrogen) atoms. The molecule has 1 N–H and O–H groups in total. The van der Waals surface area contributed by atoms with Gasteiger partial charge in [0.1, 0.15) is 0 Å². The first-order chi connectivity index (χ1) is 9.58. The number of benzene rings is 2. The number of para-hydroxylation sites is 2. The van der Waals surface area contributed by atoms with Gasteiger partial charge in [-0.2, -0.15) is 0 Å². The first-order valence-corrected chi connectivity index (χ1v) is 6.45. The van der Waals surface area contributed by atoms with Gasteiger partial charge in [0.2, 0.25) is 0 Å². The van der Waals surface area contributed by atoms with Gasteiger partial charge in [0, 0.05) is 26.2 Å². The van der Waals surface area contributed by atoms with Gasteiger partial charge in [-0.3, -0.25) is 0 Å². The fraction of sp³-hybridized carbons (Fsp3) is 0.250. The molecule has 0 radical (unpaired) electrons. The van der Waals surface area contributed by atoms with Gasteiger partial charge in [-0.1, -0.05) is 36.4 Å². The number of alkyl halides is 2. The molecule has 2 rings (SSSR count). The van der Waals surface area contributed by atoms with Crippen LogP contribution in [0, 0.1) is 0 Å². The van der Waals surface area contributed by atoms with Crippen LogP contribution in [0.25, 0.3) is 0 Å². The molecular formula is C16H18F2N2. The second-order valence-corrected chi connectivity index (χ2v) is 4.81. The summed E-state index contributed by atoms with van der Waals surface area (Å²) in [6.07, 6.45) is -2.41. The monoisotopic (exact) mass is 276 g/mol. The van der Waals surface area contributed by atoms with E-state index in [9.17, 15) is 8.78 Å². The molecule has 2 nitrogen and oxygen atoms in total. The number of halogens is 2. The molecule has 0 bridgehead atoms. The molecule has 0 fully saturated rings. The third-order valence-electron chi connectivity index (χ3n) is 3.10. The van der Waals surface area contributed by atoms with Crippen molar-refractivity contribution in [2.24, 2.45) is 0 Å². The van der Waals surface area contributed by atoms with Gasteiger partial charge in [-0.15, -0.1) is 0 Å². The summed E-state index contributed by atoms with van der Waals surface area (Å²) < 4.78 is 24.9. The van der Waals surface area contributed by atoms with Crippen LogP contribution < -0.4 is 10.2 Å². The third-order valence-corrected chi connectivity index (χ3v) is 3.10. The molecule has 2 aromatic carbocycles. The van der Waals surface area contributed by atoms with E-state index in [-0.39, 0.29) is 5.56 Å². The number of hydrogen-bond donors (Lipinski definition) is 1. The van der Waals surface area contributed by atoms with Crippen molar-refractivity contribution in [2.45, 2.75) is 13.0 Å². The Bertz CT molecular complexity index is 551. The molecule has 106 valence electrons. The maximum absolute atomic E-state index is 12.5. The largest absolute Gasteiger partial charge is 0.379 e. The second kappa shape index (κ2) is 6.37. The smallest absolute Gasteiger partial charge is 0.263 e. The summed E-state index contributed by atoms with van der Waals surface area (Å²) in [5, 5.41) is 3.33.